The Morgan fingerprint density at radius 1 is 1.16 bits per heavy atom. The molecule has 0 radical (unpaired) electrons. The lowest BCUT2D eigenvalue weighted by molar-refractivity contribution is -0.137. The van der Waals surface area contributed by atoms with E-state index >= 15 is 0 Å². The Bertz CT molecular complexity index is 814. The van der Waals surface area contributed by atoms with Gasteiger partial charge in [0, 0.05) is 6.07 Å². The Hall–Kier alpha value is -1.62. The number of benzene rings is 2. The van der Waals surface area contributed by atoms with Gasteiger partial charge < -0.3 is 9.47 Å². The van der Waals surface area contributed by atoms with Crippen LogP contribution in [0.25, 0.3) is 0 Å². The molecule has 0 heterocycles. The minimum Gasteiger partial charge on any atom is -0.475 e. The molecule has 1 atom stereocenters. The zero-order valence-electron chi connectivity index (χ0n) is 12.5. The summed E-state index contributed by atoms with van der Waals surface area (Å²) >= 11 is 15.0. The highest BCUT2D eigenvalue weighted by molar-refractivity contribution is 9.10. The van der Waals surface area contributed by atoms with Crippen molar-refractivity contribution in [1.82, 2.24) is 0 Å². The van der Waals surface area contributed by atoms with Crippen molar-refractivity contribution < 1.29 is 22.6 Å². The molecule has 2 aromatic carbocycles. The van der Waals surface area contributed by atoms with Crippen LogP contribution in [0.2, 0.25) is 10.0 Å². The van der Waals surface area contributed by atoms with Crippen molar-refractivity contribution in [3.05, 3.63) is 50.4 Å². The molecule has 9 heteroatoms. The first kappa shape index (κ1) is 19.7. The molecule has 0 aliphatic carbocycles. The van der Waals surface area contributed by atoms with E-state index in [1.54, 1.807) is 13.0 Å². The molecule has 0 spiro atoms. The minimum absolute atomic E-state index is 0.113. The Morgan fingerprint density at radius 3 is 2.28 bits per heavy atom. The van der Waals surface area contributed by atoms with E-state index in [9.17, 15) is 13.2 Å². The van der Waals surface area contributed by atoms with Gasteiger partial charge in [-0.1, -0.05) is 23.2 Å². The van der Waals surface area contributed by atoms with Crippen LogP contribution in [0.3, 0.4) is 0 Å². The maximum Gasteiger partial charge on any atom is 0.416 e. The normalized spacial score (nSPS) is 12.4. The molecule has 2 rings (SSSR count). The van der Waals surface area contributed by atoms with E-state index in [2.05, 4.69) is 15.9 Å². The monoisotopic (exact) mass is 453 g/mol. The SMILES string of the molecule is CC(C#N)Oc1cc(Oc2c(Cl)cc(C(F)(F)F)cc2Cl)ccc1Br. The molecular weight excluding hydrogens is 446 g/mol. The highest BCUT2D eigenvalue weighted by Gasteiger charge is 2.32. The molecule has 0 N–H and O–H groups in total. The zero-order chi connectivity index (χ0) is 18.8. The number of nitrogens with zero attached hydrogens (tertiary/aromatic N) is 1. The highest BCUT2D eigenvalue weighted by Crippen LogP contribution is 2.42. The van der Waals surface area contributed by atoms with Crippen LogP contribution in [0, 0.1) is 11.3 Å². The third kappa shape index (κ3) is 4.94. The van der Waals surface area contributed by atoms with Crippen molar-refractivity contribution in [3.8, 4) is 23.3 Å². The Labute approximate surface area is 160 Å². The first-order valence-electron chi connectivity index (χ1n) is 6.71. The average molecular weight is 455 g/mol. The van der Waals surface area contributed by atoms with E-state index in [0.29, 0.717) is 10.2 Å². The summed E-state index contributed by atoms with van der Waals surface area (Å²) < 4.78 is 49.7. The number of hydrogen-bond acceptors (Lipinski definition) is 3. The molecule has 0 amide bonds. The predicted octanol–water partition coefficient (Wildman–Crippen LogP) is 6.86. The summed E-state index contributed by atoms with van der Waals surface area (Å²) in [5.74, 6) is 0.440. The second kappa shape index (κ2) is 7.73. The van der Waals surface area contributed by atoms with E-state index in [1.807, 2.05) is 6.07 Å². The Morgan fingerprint density at radius 2 is 1.76 bits per heavy atom. The van der Waals surface area contributed by atoms with E-state index in [0.717, 1.165) is 12.1 Å². The molecule has 132 valence electrons. The van der Waals surface area contributed by atoms with Gasteiger partial charge in [0.25, 0.3) is 0 Å². The lowest BCUT2D eigenvalue weighted by Gasteiger charge is -2.15. The van der Waals surface area contributed by atoms with Crippen molar-refractivity contribution in [2.45, 2.75) is 19.2 Å². The number of alkyl halides is 3. The van der Waals surface area contributed by atoms with Crippen molar-refractivity contribution in [2.24, 2.45) is 0 Å². The lowest BCUT2D eigenvalue weighted by Crippen LogP contribution is -2.08. The third-order valence-electron chi connectivity index (χ3n) is 2.93. The number of nitriles is 1. The molecule has 2 aromatic rings. The van der Waals surface area contributed by atoms with E-state index in [4.69, 9.17) is 37.9 Å². The molecule has 0 fully saturated rings. The van der Waals surface area contributed by atoms with Gasteiger partial charge in [-0.3, -0.25) is 0 Å². The van der Waals surface area contributed by atoms with Gasteiger partial charge in [-0.2, -0.15) is 18.4 Å². The van der Waals surface area contributed by atoms with Gasteiger partial charge in [-0.15, -0.1) is 0 Å². The van der Waals surface area contributed by atoms with Crippen LogP contribution in [-0.2, 0) is 6.18 Å². The van der Waals surface area contributed by atoms with E-state index in [-0.39, 0.29) is 21.5 Å². The summed E-state index contributed by atoms with van der Waals surface area (Å²) in [7, 11) is 0. The number of ether oxygens (including phenoxy) is 2. The van der Waals surface area contributed by atoms with Crippen molar-refractivity contribution >= 4 is 39.1 Å². The molecule has 3 nitrogen and oxygen atoms in total. The topological polar surface area (TPSA) is 42.2 Å². The van der Waals surface area contributed by atoms with Gasteiger partial charge in [0.15, 0.2) is 11.9 Å². The second-order valence-corrected chi connectivity index (χ2v) is 6.52. The summed E-state index contributed by atoms with van der Waals surface area (Å²) in [5.41, 5.74) is -0.975. The lowest BCUT2D eigenvalue weighted by atomic mass is 10.2. The molecule has 25 heavy (non-hydrogen) atoms. The van der Waals surface area contributed by atoms with Gasteiger partial charge in [0.1, 0.15) is 17.6 Å². The van der Waals surface area contributed by atoms with Crippen LogP contribution in [0.5, 0.6) is 17.2 Å². The Kier molecular flexibility index (Phi) is 6.09. The van der Waals surface area contributed by atoms with Crippen LogP contribution >= 0.6 is 39.1 Å². The molecule has 0 saturated carbocycles. The number of rotatable bonds is 4. The van der Waals surface area contributed by atoms with Gasteiger partial charge in [0.05, 0.1) is 20.1 Å². The maximum atomic E-state index is 12.8. The quantitative estimate of drug-likeness (QED) is 0.506. The fourth-order valence-corrected chi connectivity index (χ4v) is 2.70. The maximum absolute atomic E-state index is 12.8. The van der Waals surface area contributed by atoms with Gasteiger partial charge >= 0.3 is 6.18 Å². The summed E-state index contributed by atoms with van der Waals surface area (Å²) in [6.07, 6.45) is -5.28. The smallest absolute Gasteiger partial charge is 0.416 e. The zero-order valence-corrected chi connectivity index (χ0v) is 15.6. The van der Waals surface area contributed by atoms with E-state index < -0.39 is 17.8 Å². The van der Waals surface area contributed by atoms with Crippen LogP contribution in [0.1, 0.15) is 12.5 Å². The van der Waals surface area contributed by atoms with Crippen molar-refractivity contribution in [1.29, 1.82) is 5.26 Å². The van der Waals surface area contributed by atoms with Crippen LogP contribution in [0.15, 0.2) is 34.8 Å². The van der Waals surface area contributed by atoms with Crippen LogP contribution in [-0.4, -0.2) is 6.10 Å². The molecule has 0 aliphatic heterocycles. The van der Waals surface area contributed by atoms with Crippen molar-refractivity contribution in [2.75, 3.05) is 0 Å². The molecule has 0 bridgehead atoms. The predicted molar refractivity (Wildman–Crippen MR) is 91.4 cm³/mol. The molecule has 0 aromatic heterocycles. The van der Waals surface area contributed by atoms with Crippen LogP contribution in [0.4, 0.5) is 13.2 Å². The molecule has 0 saturated heterocycles. The summed E-state index contributed by atoms with van der Waals surface area (Å²) in [6, 6.07) is 7.98. The number of hydrogen-bond donors (Lipinski definition) is 0. The third-order valence-corrected chi connectivity index (χ3v) is 4.15. The molecule has 1 unspecified atom stereocenters. The van der Waals surface area contributed by atoms with Crippen LogP contribution < -0.4 is 9.47 Å². The largest absolute Gasteiger partial charge is 0.475 e. The number of halogens is 6. The fraction of sp³-hybridized carbons (Fsp3) is 0.188. The average Bonchev–Trinajstić information content (AvgIpc) is 2.52. The van der Waals surface area contributed by atoms with E-state index in [1.165, 1.54) is 12.1 Å². The standard InChI is InChI=1S/C16H9BrCl2F3NO2/c1-8(7-23)24-14-6-10(2-3-11(14)17)25-15-12(18)4-9(5-13(15)19)16(20,21)22/h2-6,8H,1H3. The fourth-order valence-electron chi connectivity index (χ4n) is 1.79. The first-order chi connectivity index (χ1) is 11.6. The summed E-state index contributed by atoms with van der Waals surface area (Å²) in [5, 5.41) is 8.24. The highest BCUT2D eigenvalue weighted by atomic mass is 79.9. The van der Waals surface area contributed by atoms with Gasteiger partial charge in [-0.25, -0.2) is 0 Å². The first-order valence-corrected chi connectivity index (χ1v) is 8.26. The van der Waals surface area contributed by atoms with Gasteiger partial charge in [0.2, 0.25) is 0 Å². The molecule has 0 aliphatic rings. The Balaban J connectivity index is 2.34. The molecular formula is C16H9BrCl2F3NO2. The second-order valence-electron chi connectivity index (χ2n) is 4.85. The summed E-state index contributed by atoms with van der Waals surface area (Å²) in [6.45, 7) is 1.56. The van der Waals surface area contributed by atoms with Gasteiger partial charge in [-0.05, 0) is 47.1 Å². The minimum atomic E-state index is -4.57. The summed E-state index contributed by atoms with van der Waals surface area (Å²) in [4.78, 5) is 0. The van der Waals surface area contributed by atoms with Crippen molar-refractivity contribution in [3.63, 3.8) is 0 Å².